The molecule has 0 amide bonds. The molecule has 2 heterocycles. The van der Waals surface area contributed by atoms with Crippen molar-refractivity contribution in [2.24, 2.45) is 0 Å². The van der Waals surface area contributed by atoms with Crippen LogP contribution >= 0.6 is 0 Å². The van der Waals surface area contributed by atoms with Crippen molar-refractivity contribution in [1.29, 1.82) is 0 Å². The smallest absolute Gasteiger partial charge is 0.0954 e. The number of aromatic nitrogens is 1. The van der Waals surface area contributed by atoms with Gasteiger partial charge in [0.15, 0.2) is 0 Å². The van der Waals surface area contributed by atoms with Gasteiger partial charge in [-0.1, -0.05) is 31.2 Å². The second-order valence-corrected chi connectivity index (χ2v) is 4.87. The second kappa shape index (κ2) is 5.88. The molecule has 3 aromatic rings. The molecule has 0 aliphatic rings. The fourth-order valence-corrected chi connectivity index (χ4v) is 2.36. The van der Waals surface area contributed by atoms with Crippen molar-refractivity contribution in [2.45, 2.75) is 19.4 Å². The highest BCUT2D eigenvalue weighted by Crippen LogP contribution is 2.23. The number of benzene rings is 1. The van der Waals surface area contributed by atoms with E-state index in [2.05, 4.69) is 30.4 Å². The van der Waals surface area contributed by atoms with E-state index in [0.717, 1.165) is 35.1 Å². The summed E-state index contributed by atoms with van der Waals surface area (Å²) in [6.07, 6.45) is 4.57. The first-order valence-corrected chi connectivity index (χ1v) is 6.99. The second-order valence-electron chi connectivity index (χ2n) is 4.87. The van der Waals surface area contributed by atoms with Gasteiger partial charge < -0.3 is 9.73 Å². The van der Waals surface area contributed by atoms with Crippen LogP contribution < -0.4 is 5.32 Å². The minimum absolute atomic E-state index is 0.0818. The fourth-order valence-electron chi connectivity index (χ4n) is 2.36. The van der Waals surface area contributed by atoms with Gasteiger partial charge >= 0.3 is 0 Å². The molecule has 0 aliphatic carbocycles. The number of pyridine rings is 1. The van der Waals surface area contributed by atoms with E-state index in [1.807, 2.05) is 24.3 Å². The lowest BCUT2D eigenvalue weighted by atomic mass is 10.1. The molecule has 0 saturated carbocycles. The molecule has 1 aromatic carbocycles. The molecule has 3 heteroatoms. The highest BCUT2D eigenvalue weighted by molar-refractivity contribution is 5.78. The summed E-state index contributed by atoms with van der Waals surface area (Å²) in [6, 6.07) is 14.5. The minimum atomic E-state index is 0.0818. The van der Waals surface area contributed by atoms with Crippen LogP contribution in [0.4, 0.5) is 0 Å². The zero-order valence-electron chi connectivity index (χ0n) is 11.5. The van der Waals surface area contributed by atoms with Crippen molar-refractivity contribution >= 4 is 10.9 Å². The van der Waals surface area contributed by atoms with Gasteiger partial charge in [-0.25, -0.2) is 0 Å². The van der Waals surface area contributed by atoms with Crippen LogP contribution in [-0.4, -0.2) is 11.5 Å². The summed E-state index contributed by atoms with van der Waals surface area (Å²) in [7, 11) is 0. The Balaban J connectivity index is 1.99. The molecule has 0 spiro atoms. The quantitative estimate of drug-likeness (QED) is 0.760. The van der Waals surface area contributed by atoms with Crippen LogP contribution in [0.3, 0.4) is 0 Å². The maximum Gasteiger partial charge on any atom is 0.0954 e. The molecule has 0 radical (unpaired) electrons. The zero-order chi connectivity index (χ0) is 13.8. The number of fused-ring (bicyclic) bond motifs is 1. The highest BCUT2D eigenvalue weighted by atomic mass is 16.3. The third-order valence-electron chi connectivity index (χ3n) is 3.39. The monoisotopic (exact) mass is 266 g/mol. The van der Waals surface area contributed by atoms with Crippen LogP contribution in [0, 0.1) is 0 Å². The number of hydrogen-bond donors (Lipinski definition) is 1. The molecule has 0 fully saturated rings. The summed E-state index contributed by atoms with van der Waals surface area (Å²) in [4.78, 5) is 4.78. The van der Waals surface area contributed by atoms with E-state index in [-0.39, 0.29) is 6.04 Å². The Bertz CT molecular complexity index is 676. The van der Waals surface area contributed by atoms with Gasteiger partial charge in [-0.2, -0.15) is 0 Å². The lowest BCUT2D eigenvalue weighted by molar-refractivity contribution is 0.545. The fraction of sp³-hybridized carbons (Fsp3) is 0.235. The number of nitrogens with zero attached hydrogens (tertiary/aromatic N) is 1. The van der Waals surface area contributed by atoms with Gasteiger partial charge in [-0.3, -0.25) is 4.98 Å². The van der Waals surface area contributed by atoms with Gasteiger partial charge in [-0.05, 0) is 31.2 Å². The first-order chi connectivity index (χ1) is 9.88. The lowest BCUT2D eigenvalue weighted by Gasteiger charge is -2.17. The Morgan fingerprint density at radius 2 is 2.05 bits per heavy atom. The van der Waals surface area contributed by atoms with E-state index >= 15 is 0 Å². The average molecular weight is 266 g/mol. The average Bonchev–Trinajstić information content (AvgIpc) is 3.02. The summed E-state index contributed by atoms with van der Waals surface area (Å²) in [5, 5.41) is 4.69. The summed E-state index contributed by atoms with van der Waals surface area (Å²) in [6.45, 7) is 3.11. The van der Waals surface area contributed by atoms with E-state index in [1.165, 1.54) is 0 Å². The van der Waals surface area contributed by atoms with E-state index in [9.17, 15) is 0 Å². The van der Waals surface area contributed by atoms with Crippen LogP contribution in [0.5, 0.6) is 0 Å². The van der Waals surface area contributed by atoms with Crippen molar-refractivity contribution in [3.05, 3.63) is 66.2 Å². The molecule has 3 nitrogen and oxygen atoms in total. The SMILES string of the molecule is CCCNC(c1ccoc1)c1ccc2ccccc2n1. The first-order valence-electron chi connectivity index (χ1n) is 6.99. The van der Waals surface area contributed by atoms with E-state index in [0.29, 0.717) is 0 Å². The molecule has 102 valence electrons. The van der Waals surface area contributed by atoms with Crippen LogP contribution in [0.2, 0.25) is 0 Å². The molecule has 3 rings (SSSR count). The molecule has 0 saturated heterocycles. The van der Waals surface area contributed by atoms with Crippen LogP contribution in [0.1, 0.15) is 30.6 Å². The van der Waals surface area contributed by atoms with Gasteiger partial charge in [0.25, 0.3) is 0 Å². The Morgan fingerprint density at radius 1 is 1.15 bits per heavy atom. The van der Waals surface area contributed by atoms with Gasteiger partial charge in [0, 0.05) is 10.9 Å². The largest absolute Gasteiger partial charge is 0.472 e. The van der Waals surface area contributed by atoms with Crippen molar-refractivity contribution < 1.29 is 4.42 Å². The predicted molar refractivity (Wildman–Crippen MR) is 80.6 cm³/mol. The standard InChI is InChI=1S/C17H18N2O/c1-2-10-18-17(14-9-11-20-12-14)16-8-7-13-5-3-4-6-15(13)19-16/h3-9,11-12,17-18H,2,10H2,1H3. The maximum atomic E-state index is 5.22. The lowest BCUT2D eigenvalue weighted by Crippen LogP contribution is -2.23. The van der Waals surface area contributed by atoms with Crippen molar-refractivity contribution in [2.75, 3.05) is 6.54 Å². The number of nitrogens with one attached hydrogen (secondary N) is 1. The summed E-state index contributed by atoms with van der Waals surface area (Å²) in [5.74, 6) is 0. The van der Waals surface area contributed by atoms with E-state index in [4.69, 9.17) is 9.40 Å². The molecular formula is C17H18N2O. The Morgan fingerprint density at radius 3 is 2.85 bits per heavy atom. The molecular weight excluding hydrogens is 248 g/mol. The maximum absolute atomic E-state index is 5.22. The summed E-state index contributed by atoms with van der Waals surface area (Å²) in [5.41, 5.74) is 3.16. The van der Waals surface area contributed by atoms with Gasteiger partial charge in [0.2, 0.25) is 0 Å². The van der Waals surface area contributed by atoms with Crippen molar-refractivity contribution in [3.63, 3.8) is 0 Å². The number of furan rings is 1. The normalized spacial score (nSPS) is 12.7. The summed E-state index contributed by atoms with van der Waals surface area (Å²) < 4.78 is 5.22. The minimum Gasteiger partial charge on any atom is -0.472 e. The third-order valence-corrected chi connectivity index (χ3v) is 3.39. The van der Waals surface area contributed by atoms with E-state index in [1.54, 1.807) is 12.5 Å². The molecule has 2 aromatic heterocycles. The Labute approximate surface area is 118 Å². The Kier molecular flexibility index (Phi) is 3.79. The molecule has 1 unspecified atom stereocenters. The molecule has 0 aliphatic heterocycles. The molecule has 1 N–H and O–H groups in total. The van der Waals surface area contributed by atoms with Gasteiger partial charge in [0.1, 0.15) is 0 Å². The van der Waals surface area contributed by atoms with Gasteiger partial charge in [0.05, 0.1) is 29.8 Å². The van der Waals surface area contributed by atoms with Crippen LogP contribution in [0.25, 0.3) is 10.9 Å². The number of para-hydroxylation sites is 1. The van der Waals surface area contributed by atoms with Crippen LogP contribution in [-0.2, 0) is 0 Å². The van der Waals surface area contributed by atoms with Gasteiger partial charge in [-0.15, -0.1) is 0 Å². The molecule has 20 heavy (non-hydrogen) atoms. The Hall–Kier alpha value is -2.13. The zero-order valence-corrected chi connectivity index (χ0v) is 11.5. The van der Waals surface area contributed by atoms with Crippen molar-refractivity contribution in [1.82, 2.24) is 10.3 Å². The number of rotatable bonds is 5. The molecule has 1 atom stereocenters. The third kappa shape index (κ3) is 2.58. The predicted octanol–water partition coefficient (Wildman–Crippen LogP) is 3.92. The van der Waals surface area contributed by atoms with Crippen LogP contribution in [0.15, 0.2) is 59.4 Å². The van der Waals surface area contributed by atoms with Crippen molar-refractivity contribution in [3.8, 4) is 0 Å². The topological polar surface area (TPSA) is 38.1 Å². The van der Waals surface area contributed by atoms with E-state index < -0.39 is 0 Å². The first kappa shape index (κ1) is 12.9. The molecule has 0 bridgehead atoms. The highest BCUT2D eigenvalue weighted by Gasteiger charge is 2.16. The summed E-state index contributed by atoms with van der Waals surface area (Å²) >= 11 is 0. The number of hydrogen-bond acceptors (Lipinski definition) is 3.